The predicted octanol–water partition coefficient (Wildman–Crippen LogP) is 1.66. The molecule has 1 aromatic rings. The minimum Gasteiger partial charge on any atom is -0.394 e. The average Bonchev–Trinajstić information content (AvgIpc) is 2.86. The standard InChI is InChI=1S/C14H22N2O2/c1-10(2)13-6-11(8-17)7-14(15-13)16-5-3-4-12(16)9-18/h6-7,10,12,17-18H,3-5,8-9H2,1-2H3. The normalized spacial score (nSPS) is 19.8. The second kappa shape index (κ2) is 5.67. The minimum absolute atomic E-state index is 0.0346. The third kappa shape index (κ3) is 2.65. The molecule has 1 aliphatic heterocycles. The van der Waals surface area contributed by atoms with E-state index in [-0.39, 0.29) is 19.3 Å². The van der Waals surface area contributed by atoms with Gasteiger partial charge in [0.15, 0.2) is 0 Å². The molecule has 2 heterocycles. The molecule has 2 N–H and O–H groups in total. The van der Waals surface area contributed by atoms with Crippen molar-refractivity contribution in [2.24, 2.45) is 0 Å². The maximum atomic E-state index is 9.38. The quantitative estimate of drug-likeness (QED) is 0.853. The van der Waals surface area contributed by atoms with Gasteiger partial charge in [0.05, 0.1) is 19.3 Å². The minimum atomic E-state index is 0.0346. The fraction of sp³-hybridized carbons (Fsp3) is 0.643. The summed E-state index contributed by atoms with van der Waals surface area (Å²) in [7, 11) is 0. The molecular weight excluding hydrogens is 228 g/mol. The molecule has 0 spiro atoms. The van der Waals surface area contributed by atoms with Crippen LogP contribution in [0, 0.1) is 0 Å². The second-order valence-corrected chi connectivity index (χ2v) is 5.24. The molecule has 1 saturated heterocycles. The molecule has 1 aromatic heterocycles. The first-order valence-corrected chi connectivity index (χ1v) is 6.65. The highest BCUT2D eigenvalue weighted by Crippen LogP contribution is 2.26. The third-order valence-corrected chi connectivity index (χ3v) is 3.55. The lowest BCUT2D eigenvalue weighted by atomic mass is 10.1. The first-order valence-electron chi connectivity index (χ1n) is 6.65. The van der Waals surface area contributed by atoms with E-state index in [1.807, 2.05) is 12.1 Å². The van der Waals surface area contributed by atoms with E-state index in [9.17, 15) is 10.2 Å². The van der Waals surface area contributed by atoms with Gasteiger partial charge in [0.1, 0.15) is 5.82 Å². The summed E-state index contributed by atoms with van der Waals surface area (Å²) < 4.78 is 0. The van der Waals surface area contributed by atoms with Gasteiger partial charge in [-0.05, 0) is 36.5 Å². The topological polar surface area (TPSA) is 56.6 Å². The van der Waals surface area contributed by atoms with Crippen molar-refractivity contribution in [2.75, 3.05) is 18.1 Å². The van der Waals surface area contributed by atoms with Crippen LogP contribution in [0.5, 0.6) is 0 Å². The van der Waals surface area contributed by atoms with Gasteiger partial charge in [0.2, 0.25) is 0 Å². The Kier molecular flexibility index (Phi) is 4.19. The summed E-state index contributed by atoms with van der Waals surface area (Å²) in [6.07, 6.45) is 2.10. The van der Waals surface area contributed by atoms with Crippen molar-refractivity contribution in [2.45, 2.75) is 45.3 Å². The number of rotatable bonds is 4. The summed E-state index contributed by atoms with van der Waals surface area (Å²) in [5.41, 5.74) is 1.90. The Morgan fingerprint density at radius 2 is 2.17 bits per heavy atom. The molecule has 1 atom stereocenters. The lowest BCUT2D eigenvalue weighted by molar-refractivity contribution is 0.265. The molecule has 18 heavy (non-hydrogen) atoms. The van der Waals surface area contributed by atoms with Crippen LogP contribution in [-0.4, -0.2) is 34.4 Å². The molecule has 100 valence electrons. The van der Waals surface area contributed by atoms with Gasteiger partial charge in [0, 0.05) is 12.2 Å². The summed E-state index contributed by atoms with van der Waals surface area (Å²) in [6.45, 7) is 5.33. The van der Waals surface area contributed by atoms with E-state index in [1.54, 1.807) is 0 Å². The second-order valence-electron chi connectivity index (χ2n) is 5.24. The van der Waals surface area contributed by atoms with Crippen LogP contribution in [0.3, 0.4) is 0 Å². The van der Waals surface area contributed by atoms with Crippen LogP contribution in [0.25, 0.3) is 0 Å². The van der Waals surface area contributed by atoms with E-state index in [1.165, 1.54) is 0 Å². The summed E-state index contributed by atoms with van der Waals surface area (Å²) in [4.78, 5) is 6.82. The fourth-order valence-corrected chi connectivity index (χ4v) is 2.46. The molecule has 1 unspecified atom stereocenters. The van der Waals surface area contributed by atoms with Crippen LogP contribution in [0.1, 0.15) is 43.9 Å². The van der Waals surface area contributed by atoms with Gasteiger partial charge in [-0.25, -0.2) is 4.98 Å². The molecule has 1 aliphatic rings. The third-order valence-electron chi connectivity index (χ3n) is 3.55. The number of hydrogen-bond donors (Lipinski definition) is 2. The van der Waals surface area contributed by atoms with E-state index in [4.69, 9.17) is 0 Å². The SMILES string of the molecule is CC(C)c1cc(CO)cc(N2CCCC2CO)n1. The number of pyridine rings is 1. The Labute approximate surface area is 108 Å². The van der Waals surface area contributed by atoms with Crippen molar-refractivity contribution in [3.05, 3.63) is 23.4 Å². The maximum absolute atomic E-state index is 9.38. The van der Waals surface area contributed by atoms with Crippen molar-refractivity contribution in [3.8, 4) is 0 Å². The van der Waals surface area contributed by atoms with Gasteiger partial charge in [-0.3, -0.25) is 0 Å². The first-order chi connectivity index (χ1) is 8.65. The molecular formula is C14H22N2O2. The van der Waals surface area contributed by atoms with Crippen molar-refractivity contribution in [3.63, 3.8) is 0 Å². The molecule has 0 aliphatic carbocycles. The number of aromatic nitrogens is 1. The zero-order valence-corrected chi connectivity index (χ0v) is 11.1. The van der Waals surface area contributed by atoms with Gasteiger partial charge < -0.3 is 15.1 Å². The van der Waals surface area contributed by atoms with Crippen LogP contribution >= 0.6 is 0 Å². The first kappa shape index (κ1) is 13.3. The van der Waals surface area contributed by atoms with E-state index >= 15 is 0 Å². The fourth-order valence-electron chi connectivity index (χ4n) is 2.46. The van der Waals surface area contributed by atoms with Crippen LogP contribution < -0.4 is 4.90 Å². The van der Waals surface area contributed by atoms with E-state index in [2.05, 4.69) is 23.7 Å². The molecule has 0 amide bonds. The van der Waals surface area contributed by atoms with E-state index in [0.29, 0.717) is 5.92 Å². The molecule has 2 rings (SSSR count). The molecule has 4 heteroatoms. The van der Waals surface area contributed by atoms with E-state index < -0.39 is 0 Å². The van der Waals surface area contributed by atoms with Crippen LogP contribution in [0.2, 0.25) is 0 Å². The molecule has 0 aromatic carbocycles. The van der Waals surface area contributed by atoms with Crippen molar-refractivity contribution in [1.29, 1.82) is 0 Å². The number of nitrogens with zero attached hydrogens (tertiary/aromatic N) is 2. The monoisotopic (exact) mass is 250 g/mol. The Morgan fingerprint density at radius 3 is 2.78 bits per heavy atom. The van der Waals surface area contributed by atoms with Crippen LogP contribution in [0.4, 0.5) is 5.82 Å². The summed E-state index contributed by atoms with van der Waals surface area (Å²) in [5, 5.41) is 18.7. The van der Waals surface area contributed by atoms with Crippen molar-refractivity contribution < 1.29 is 10.2 Å². The van der Waals surface area contributed by atoms with E-state index in [0.717, 1.165) is 36.5 Å². The molecule has 0 saturated carbocycles. The Morgan fingerprint density at radius 1 is 1.39 bits per heavy atom. The number of aliphatic hydroxyl groups excluding tert-OH is 2. The highest BCUT2D eigenvalue weighted by molar-refractivity contribution is 5.45. The zero-order valence-electron chi connectivity index (χ0n) is 11.1. The van der Waals surface area contributed by atoms with Crippen LogP contribution in [-0.2, 0) is 6.61 Å². The highest BCUT2D eigenvalue weighted by atomic mass is 16.3. The largest absolute Gasteiger partial charge is 0.394 e. The lowest BCUT2D eigenvalue weighted by Crippen LogP contribution is -2.33. The Balaban J connectivity index is 2.34. The smallest absolute Gasteiger partial charge is 0.129 e. The van der Waals surface area contributed by atoms with Gasteiger partial charge in [0.25, 0.3) is 0 Å². The predicted molar refractivity (Wildman–Crippen MR) is 71.7 cm³/mol. The zero-order chi connectivity index (χ0) is 13.1. The molecule has 0 bridgehead atoms. The number of aliphatic hydroxyl groups is 2. The molecule has 1 fully saturated rings. The molecule has 4 nitrogen and oxygen atoms in total. The van der Waals surface area contributed by atoms with Gasteiger partial charge in [-0.2, -0.15) is 0 Å². The van der Waals surface area contributed by atoms with Gasteiger partial charge in [-0.15, -0.1) is 0 Å². The Bertz CT molecular complexity index is 407. The van der Waals surface area contributed by atoms with Crippen molar-refractivity contribution in [1.82, 2.24) is 4.98 Å². The van der Waals surface area contributed by atoms with Crippen molar-refractivity contribution >= 4 is 5.82 Å². The maximum Gasteiger partial charge on any atom is 0.129 e. The van der Waals surface area contributed by atoms with Gasteiger partial charge >= 0.3 is 0 Å². The summed E-state index contributed by atoms with van der Waals surface area (Å²) >= 11 is 0. The Hall–Kier alpha value is -1.13. The molecule has 0 radical (unpaired) electrons. The highest BCUT2D eigenvalue weighted by Gasteiger charge is 2.25. The van der Waals surface area contributed by atoms with Gasteiger partial charge in [-0.1, -0.05) is 13.8 Å². The lowest BCUT2D eigenvalue weighted by Gasteiger charge is -2.25. The average molecular weight is 250 g/mol. The summed E-state index contributed by atoms with van der Waals surface area (Å²) in [6, 6.07) is 4.06. The number of hydrogen-bond acceptors (Lipinski definition) is 4. The number of anilines is 1. The summed E-state index contributed by atoms with van der Waals surface area (Å²) in [5.74, 6) is 1.23. The van der Waals surface area contributed by atoms with Crippen LogP contribution in [0.15, 0.2) is 12.1 Å².